The minimum Gasteiger partial charge on any atom is -0.486 e. The van der Waals surface area contributed by atoms with Crippen molar-refractivity contribution in [1.82, 2.24) is 4.98 Å². The van der Waals surface area contributed by atoms with Crippen molar-refractivity contribution in [3.05, 3.63) is 82.5 Å². The molecule has 0 unspecified atom stereocenters. The molecule has 160 valence electrons. The zero-order chi connectivity index (χ0) is 22.2. The van der Waals surface area contributed by atoms with Gasteiger partial charge in [0.25, 0.3) is 0 Å². The number of nitrogens with two attached hydrogens (primary N) is 1. The Hall–Kier alpha value is -3.51. The first-order chi connectivity index (χ1) is 15.0. The molecule has 0 amide bonds. The van der Waals surface area contributed by atoms with Crippen LogP contribution < -0.4 is 15.8 Å². The van der Waals surface area contributed by atoms with Crippen molar-refractivity contribution in [1.29, 1.82) is 0 Å². The van der Waals surface area contributed by atoms with Crippen LogP contribution in [0.2, 0.25) is 5.02 Å². The number of nitrogens with one attached hydrogen (secondary N) is 1. The summed E-state index contributed by atoms with van der Waals surface area (Å²) in [5.41, 5.74) is 9.13. The number of nitrogens with zero attached hydrogens (tertiary/aromatic N) is 1. The van der Waals surface area contributed by atoms with E-state index in [1.54, 1.807) is 12.1 Å². The first-order valence-electron chi connectivity index (χ1n) is 9.81. The zero-order valence-electron chi connectivity index (χ0n) is 17.4. The molecule has 3 aromatic rings. The van der Waals surface area contributed by atoms with Gasteiger partial charge in [0.15, 0.2) is 11.4 Å². The molecule has 6 nitrogen and oxygen atoms in total. The molecule has 0 fully saturated rings. The fraction of sp³-hybridized carbons (Fsp3) is 0.167. The summed E-state index contributed by atoms with van der Waals surface area (Å²) in [6.07, 6.45) is 4.61. The van der Waals surface area contributed by atoms with Crippen molar-refractivity contribution in [2.45, 2.75) is 20.0 Å². The predicted octanol–water partition coefficient (Wildman–Crippen LogP) is 5.85. The third-order valence-electron chi connectivity index (χ3n) is 4.46. The fourth-order valence-corrected chi connectivity index (χ4v) is 3.05. The van der Waals surface area contributed by atoms with Gasteiger partial charge in [-0.3, -0.25) is 0 Å². The minimum absolute atomic E-state index is 0.0216. The van der Waals surface area contributed by atoms with Crippen LogP contribution in [0.3, 0.4) is 0 Å². The maximum absolute atomic E-state index is 12.5. The van der Waals surface area contributed by atoms with Crippen molar-refractivity contribution in [3.8, 4) is 5.75 Å². The monoisotopic (exact) mass is 437 g/mol. The van der Waals surface area contributed by atoms with Crippen LogP contribution in [0.25, 0.3) is 6.08 Å². The van der Waals surface area contributed by atoms with Crippen LogP contribution in [0.5, 0.6) is 5.75 Å². The molecule has 31 heavy (non-hydrogen) atoms. The van der Waals surface area contributed by atoms with E-state index in [1.165, 1.54) is 7.11 Å². The van der Waals surface area contributed by atoms with Crippen LogP contribution in [-0.2, 0) is 11.3 Å². The number of benzene rings is 2. The largest absolute Gasteiger partial charge is 0.486 e. The fourth-order valence-electron chi connectivity index (χ4n) is 2.92. The summed E-state index contributed by atoms with van der Waals surface area (Å²) >= 11 is 5.99. The lowest BCUT2D eigenvalue weighted by atomic mass is 10.1. The van der Waals surface area contributed by atoms with E-state index in [4.69, 9.17) is 26.8 Å². The van der Waals surface area contributed by atoms with Crippen molar-refractivity contribution in [2.75, 3.05) is 18.2 Å². The second-order valence-corrected chi connectivity index (χ2v) is 7.11. The summed E-state index contributed by atoms with van der Waals surface area (Å²) in [7, 11) is 1.29. The summed E-state index contributed by atoms with van der Waals surface area (Å²) in [6.45, 7) is 2.27. The predicted molar refractivity (Wildman–Crippen MR) is 125 cm³/mol. The number of carbonyl (C=O) groups excluding carboxylic acids is 1. The SMILES string of the molecule is CC/C=C/c1c(Nc2ccc(Cl)cc2)c(N)nc(C(=O)OC)c1OCc1ccccc1. The van der Waals surface area contributed by atoms with E-state index in [-0.39, 0.29) is 18.1 Å². The molecule has 1 heterocycles. The van der Waals surface area contributed by atoms with Crippen molar-refractivity contribution in [3.63, 3.8) is 0 Å². The number of rotatable bonds is 8. The van der Waals surface area contributed by atoms with Crippen LogP contribution in [0.15, 0.2) is 60.7 Å². The van der Waals surface area contributed by atoms with Gasteiger partial charge in [0.1, 0.15) is 12.4 Å². The molecule has 0 saturated carbocycles. The average molecular weight is 438 g/mol. The Morgan fingerprint density at radius 2 is 1.87 bits per heavy atom. The molecular formula is C24H24ClN3O3. The molecule has 2 aromatic carbocycles. The van der Waals surface area contributed by atoms with Gasteiger partial charge in [-0.1, -0.05) is 61.0 Å². The standard InChI is InChI=1S/C24H24ClN3O3/c1-3-4-10-19-20(27-18-13-11-17(25)12-14-18)23(26)28-21(24(29)30-2)22(19)31-15-16-8-6-5-7-9-16/h4-14,27H,3,15H2,1-2H3,(H2,26,28)/b10-4+. The number of hydrogen-bond acceptors (Lipinski definition) is 6. The third kappa shape index (κ3) is 5.55. The number of esters is 1. The van der Waals surface area contributed by atoms with Gasteiger partial charge in [-0.2, -0.15) is 0 Å². The topological polar surface area (TPSA) is 86.5 Å². The Labute approximate surface area is 186 Å². The summed E-state index contributed by atoms with van der Waals surface area (Å²) in [6, 6.07) is 16.8. The highest BCUT2D eigenvalue weighted by Gasteiger charge is 2.24. The number of aromatic nitrogens is 1. The summed E-state index contributed by atoms with van der Waals surface area (Å²) in [5, 5.41) is 3.89. The molecule has 0 atom stereocenters. The molecule has 0 saturated heterocycles. The molecule has 3 rings (SSSR count). The highest BCUT2D eigenvalue weighted by atomic mass is 35.5. The second-order valence-electron chi connectivity index (χ2n) is 6.67. The molecule has 0 spiro atoms. The number of carbonyl (C=O) groups is 1. The third-order valence-corrected chi connectivity index (χ3v) is 4.71. The molecule has 0 aliphatic heterocycles. The molecule has 0 aliphatic carbocycles. The van der Waals surface area contributed by atoms with Gasteiger partial charge in [0, 0.05) is 16.3 Å². The number of methoxy groups -OCH3 is 1. The number of ether oxygens (including phenoxy) is 2. The lowest BCUT2D eigenvalue weighted by molar-refractivity contribution is 0.0588. The first kappa shape index (κ1) is 22.2. The smallest absolute Gasteiger partial charge is 0.360 e. The van der Waals surface area contributed by atoms with Crippen molar-refractivity contribution in [2.24, 2.45) is 0 Å². The van der Waals surface area contributed by atoms with Gasteiger partial charge in [-0.15, -0.1) is 0 Å². The maximum Gasteiger partial charge on any atom is 0.360 e. The van der Waals surface area contributed by atoms with Gasteiger partial charge in [-0.05, 0) is 36.2 Å². The Morgan fingerprint density at radius 1 is 1.16 bits per heavy atom. The molecule has 0 radical (unpaired) electrons. The number of nitrogen functional groups attached to an aromatic ring is 1. The number of allylic oxidation sites excluding steroid dienone is 1. The van der Waals surface area contributed by atoms with E-state index in [9.17, 15) is 4.79 Å². The van der Waals surface area contributed by atoms with Gasteiger partial charge in [0.05, 0.1) is 12.8 Å². The molecule has 1 aromatic heterocycles. The Bertz CT molecular complexity index is 1070. The van der Waals surface area contributed by atoms with Crippen molar-refractivity contribution >= 4 is 40.8 Å². The van der Waals surface area contributed by atoms with Gasteiger partial charge < -0.3 is 20.5 Å². The highest BCUT2D eigenvalue weighted by molar-refractivity contribution is 6.30. The van der Waals surface area contributed by atoms with Crippen LogP contribution in [0, 0.1) is 0 Å². The van der Waals surface area contributed by atoms with Crippen LogP contribution in [-0.4, -0.2) is 18.1 Å². The Kier molecular flexibility index (Phi) is 7.51. The number of halogens is 1. The summed E-state index contributed by atoms with van der Waals surface area (Å²) < 4.78 is 11.0. The van der Waals surface area contributed by atoms with Gasteiger partial charge >= 0.3 is 5.97 Å². The minimum atomic E-state index is -0.626. The second kappa shape index (κ2) is 10.5. The molecule has 0 aliphatic rings. The quantitative estimate of drug-likeness (QED) is 0.430. The molecule has 7 heteroatoms. The summed E-state index contributed by atoms with van der Waals surface area (Å²) in [4.78, 5) is 16.7. The van der Waals surface area contributed by atoms with Crippen LogP contribution in [0.1, 0.15) is 35.0 Å². The Balaban J connectivity index is 2.11. The van der Waals surface area contributed by atoms with E-state index >= 15 is 0 Å². The van der Waals surface area contributed by atoms with Crippen LogP contribution >= 0.6 is 11.6 Å². The molecular weight excluding hydrogens is 414 g/mol. The van der Waals surface area contributed by atoms with Crippen LogP contribution in [0.4, 0.5) is 17.2 Å². The van der Waals surface area contributed by atoms with E-state index in [2.05, 4.69) is 10.3 Å². The normalized spacial score (nSPS) is 10.8. The number of anilines is 3. The van der Waals surface area contributed by atoms with E-state index < -0.39 is 5.97 Å². The average Bonchev–Trinajstić information content (AvgIpc) is 2.79. The van der Waals surface area contributed by atoms with E-state index in [0.29, 0.717) is 22.0 Å². The molecule has 3 N–H and O–H groups in total. The zero-order valence-corrected chi connectivity index (χ0v) is 18.1. The lowest BCUT2D eigenvalue weighted by Gasteiger charge is -2.19. The van der Waals surface area contributed by atoms with Crippen molar-refractivity contribution < 1.29 is 14.3 Å². The lowest BCUT2D eigenvalue weighted by Crippen LogP contribution is -2.13. The Morgan fingerprint density at radius 3 is 2.52 bits per heavy atom. The number of pyridine rings is 1. The first-order valence-corrected chi connectivity index (χ1v) is 10.2. The molecule has 0 bridgehead atoms. The summed E-state index contributed by atoms with van der Waals surface area (Å²) in [5.74, 6) is -0.178. The highest BCUT2D eigenvalue weighted by Crippen LogP contribution is 2.37. The van der Waals surface area contributed by atoms with E-state index in [0.717, 1.165) is 17.7 Å². The number of hydrogen-bond donors (Lipinski definition) is 2. The van der Waals surface area contributed by atoms with Gasteiger partial charge in [0.2, 0.25) is 0 Å². The van der Waals surface area contributed by atoms with E-state index in [1.807, 2.05) is 61.5 Å². The van der Waals surface area contributed by atoms with Gasteiger partial charge in [-0.25, -0.2) is 9.78 Å². The maximum atomic E-state index is 12.5.